The van der Waals surface area contributed by atoms with Crippen LogP contribution in [0.2, 0.25) is 0 Å². The van der Waals surface area contributed by atoms with Gasteiger partial charge in [0.25, 0.3) is 0 Å². The zero-order chi connectivity index (χ0) is 11.4. The van der Waals surface area contributed by atoms with Crippen LogP contribution in [0.4, 0.5) is 4.79 Å². The summed E-state index contributed by atoms with van der Waals surface area (Å²) in [7, 11) is 0. The van der Waals surface area contributed by atoms with E-state index in [1.807, 2.05) is 0 Å². The molecule has 0 radical (unpaired) electrons. The van der Waals surface area contributed by atoms with Crippen LogP contribution < -0.4 is 15.5 Å². The van der Waals surface area contributed by atoms with E-state index in [1.54, 1.807) is 5.38 Å². The van der Waals surface area contributed by atoms with Crippen molar-refractivity contribution in [3.05, 3.63) is 20.7 Å². The van der Waals surface area contributed by atoms with Crippen molar-refractivity contribution in [1.82, 2.24) is 15.6 Å². The highest BCUT2D eigenvalue weighted by Crippen LogP contribution is 2.17. The maximum absolute atomic E-state index is 11.5. The highest BCUT2D eigenvalue weighted by molar-refractivity contribution is 7.07. The summed E-state index contributed by atoms with van der Waals surface area (Å²) >= 11 is 1.11. The number of amides is 2. The molecule has 5 nitrogen and oxygen atoms in total. The Hall–Kier alpha value is -1.30. The third-order valence-electron chi connectivity index (χ3n) is 2.70. The van der Waals surface area contributed by atoms with Gasteiger partial charge in [0.2, 0.25) is 0 Å². The summed E-state index contributed by atoms with van der Waals surface area (Å²) in [5.74, 6) is 0. The molecule has 88 valence electrons. The van der Waals surface area contributed by atoms with Crippen LogP contribution in [0.3, 0.4) is 0 Å². The first-order valence-corrected chi connectivity index (χ1v) is 6.33. The van der Waals surface area contributed by atoms with Gasteiger partial charge in [0.1, 0.15) is 0 Å². The van der Waals surface area contributed by atoms with Crippen LogP contribution in [0.5, 0.6) is 0 Å². The molecule has 6 heteroatoms. The minimum atomic E-state index is -0.154. The summed E-state index contributed by atoms with van der Waals surface area (Å²) in [4.78, 5) is 24.9. The number of carbonyl (C=O) groups excluding carboxylic acids is 1. The van der Waals surface area contributed by atoms with Gasteiger partial charge in [-0.05, 0) is 12.8 Å². The zero-order valence-corrected chi connectivity index (χ0v) is 9.73. The smallest absolute Gasteiger partial charge is 0.315 e. The normalized spacial score (nSPS) is 16.2. The first kappa shape index (κ1) is 11.2. The molecule has 0 aliphatic heterocycles. The summed E-state index contributed by atoms with van der Waals surface area (Å²) in [6.45, 7) is 0.372. The second kappa shape index (κ2) is 5.16. The van der Waals surface area contributed by atoms with Crippen LogP contribution >= 0.6 is 11.3 Å². The number of hydrogen-bond donors (Lipinski definition) is 3. The van der Waals surface area contributed by atoms with Gasteiger partial charge in [-0.25, -0.2) is 4.79 Å². The van der Waals surface area contributed by atoms with E-state index in [9.17, 15) is 9.59 Å². The number of carbonyl (C=O) groups is 1. The first-order chi connectivity index (χ1) is 7.74. The highest BCUT2D eigenvalue weighted by Gasteiger charge is 2.16. The Morgan fingerprint density at radius 1 is 1.50 bits per heavy atom. The van der Waals surface area contributed by atoms with Crippen LogP contribution in [0.25, 0.3) is 0 Å². The van der Waals surface area contributed by atoms with Gasteiger partial charge in [-0.15, -0.1) is 0 Å². The molecule has 1 aromatic heterocycles. The van der Waals surface area contributed by atoms with E-state index in [2.05, 4.69) is 15.6 Å². The van der Waals surface area contributed by atoms with Crippen LogP contribution in [-0.2, 0) is 6.54 Å². The van der Waals surface area contributed by atoms with Crippen molar-refractivity contribution >= 4 is 17.4 Å². The van der Waals surface area contributed by atoms with Gasteiger partial charge < -0.3 is 15.6 Å². The fourth-order valence-electron chi connectivity index (χ4n) is 1.88. The molecule has 16 heavy (non-hydrogen) atoms. The number of aromatic amines is 1. The molecule has 0 saturated heterocycles. The second-order valence-corrected chi connectivity index (χ2v) is 4.82. The molecule has 2 amide bonds. The topological polar surface area (TPSA) is 74.0 Å². The predicted octanol–water partition coefficient (Wildman–Crippen LogP) is 1.18. The van der Waals surface area contributed by atoms with Gasteiger partial charge in [0, 0.05) is 17.1 Å². The largest absolute Gasteiger partial charge is 0.335 e. The molecule has 0 unspecified atom stereocenters. The Bertz CT molecular complexity index is 406. The lowest BCUT2D eigenvalue weighted by atomic mass is 10.2. The number of rotatable bonds is 3. The van der Waals surface area contributed by atoms with E-state index in [0.29, 0.717) is 12.6 Å². The highest BCUT2D eigenvalue weighted by atomic mass is 32.1. The van der Waals surface area contributed by atoms with E-state index < -0.39 is 0 Å². The van der Waals surface area contributed by atoms with Gasteiger partial charge in [0.15, 0.2) is 0 Å². The van der Waals surface area contributed by atoms with Gasteiger partial charge >= 0.3 is 10.9 Å². The molecule has 3 N–H and O–H groups in total. The van der Waals surface area contributed by atoms with Crippen molar-refractivity contribution in [2.75, 3.05) is 0 Å². The molecule has 1 aliphatic rings. The van der Waals surface area contributed by atoms with Gasteiger partial charge in [0.05, 0.1) is 6.54 Å². The SMILES string of the molecule is O=C(NCc1csc(=O)[nH]1)NC1CCCC1. The standard InChI is InChI=1S/C10H15N3O2S/c14-9(12-7-3-1-2-4-7)11-5-8-6-16-10(15)13-8/h6-7H,1-5H2,(H,13,15)(H2,11,12,14). The molecule has 2 rings (SSSR count). The van der Waals surface area contributed by atoms with Crippen molar-refractivity contribution in [2.24, 2.45) is 0 Å². The van der Waals surface area contributed by atoms with E-state index in [1.165, 1.54) is 12.8 Å². The molecule has 0 atom stereocenters. The van der Waals surface area contributed by atoms with Crippen LogP contribution in [0.15, 0.2) is 10.2 Å². The van der Waals surface area contributed by atoms with E-state index >= 15 is 0 Å². The molecule has 1 aromatic rings. The Morgan fingerprint density at radius 3 is 2.88 bits per heavy atom. The summed E-state index contributed by atoms with van der Waals surface area (Å²) in [5, 5.41) is 7.36. The number of aromatic nitrogens is 1. The Balaban J connectivity index is 1.73. The third kappa shape index (κ3) is 3.10. The number of nitrogens with one attached hydrogen (secondary N) is 3. The number of urea groups is 1. The van der Waals surface area contributed by atoms with Crippen molar-refractivity contribution < 1.29 is 4.79 Å². The molecule has 0 spiro atoms. The molecular weight excluding hydrogens is 226 g/mol. The predicted molar refractivity (Wildman–Crippen MR) is 62.6 cm³/mol. The number of H-pyrrole nitrogens is 1. The Labute approximate surface area is 97.3 Å². The summed E-state index contributed by atoms with van der Waals surface area (Å²) in [6.07, 6.45) is 4.54. The Kier molecular flexibility index (Phi) is 3.61. The van der Waals surface area contributed by atoms with E-state index in [-0.39, 0.29) is 10.9 Å². The maximum atomic E-state index is 11.5. The van der Waals surface area contributed by atoms with Gasteiger partial charge in [-0.3, -0.25) is 4.79 Å². The van der Waals surface area contributed by atoms with Crippen LogP contribution in [0, 0.1) is 0 Å². The van der Waals surface area contributed by atoms with E-state index in [0.717, 1.165) is 29.9 Å². The maximum Gasteiger partial charge on any atom is 0.315 e. The van der Waals surface area contributed by atoms with Crippen LogP contribution in [-0.4, -0.2) is 17.1 Å². The van der Waals surface area contributed by atoms with Crippen molar-refractivity contribution in [3.8, 4) is 0 Å². The molecule has 1 aliphatic carbocycles. The van der Waals surface area contributed by atoms with Crippen molar-refractivity contribution in [3.63, 3.8) is 0 Å². The lowest BCUT2D eigenvalue weighted by Gasteiger charge is -2.12. The fourth-order valence-corrected chi connectivity index (χ4v) is 2.46. The van der Waals surface area contributed by atoms with Crippen molar-refractivity contribution in [1.29, 1.82) is 0 Å². The molecule has 0 aromatic carbocycles. The quantitative estimate of drug-likeness (QED) is 0.743. The number of thiazole rings is 1. The average molecular weight is 241 g/mol. The minimum Gasteiger partial charge on any atom is -0.335 e. The lowest BCUT2D eigenvalue weighted by Crippen LogP contribution is -2.40. The molecular formula is C10H15N3O2S. The van der Waals surface area contributed by atoms with Crippen molar-refractivity contribution in [2.45, 2.75) is 38.3 Å². The third-order valence-corrected chi connectivity index (χ3v) is 3.42. The fraction of sp³-hybridized carbons (Fsp3) is 0.600. The second-order valence-electron chi connectivity index (χ2n) is 3.98. The first-order valence-electron chi connectivity index (χ1n) is 5.45. The molecule has 1 heterocycles. The van der Waals surface area contributed by atoms with Gasteiger partial charge in [-0.2, -0.15) is 0 Å². The van der Waals surface area contributed by atoms with E-state index in [4.69, 9.17) is 0 Å². The lowest BCUT2D eigenvalue weighted by molar-refractivity contribution is 0.236. The Morgan fingerprint density at radius 2 is 2.25 bits per heavy atom. The molecule has 1 saturated carbocycles. The summed E-state index contributed by atoms with van der Waals surface area (Å²) < 4.78 is 0. The molecule has 1 fully saturated rings. The minimum absolute atomic E-state index is 0.0898. The molecule has 0 bridgehead atoms. The number of hydrogen-bond acceptors (Lipinski definition) is 3. The van der Waals surface area contributed by atoms with Gasteiger partial charge in [-0.1, -0.05) is 24.2 Å². The monoisotopic (exact) mass is 241 g/mol. The zero-order valence-electron chi connectivity index (χ0n) is 8.91. The summed E-state index contributed by atoms with van der Waals surface area (Å²) in [5.41, 5.74) is 0.747. The van der Waals surface area contributed by atoms with Crippen LogP contribution in [0.1, 0.15) is 31.4 Å². The summed E-state index contributed by atoms with van der Waals surface area (Å²) in [6, 6.07) is 0.167. The average Bonchev–Trinajstić information content (AvgIpc) is 2.87.